The minimum atomic E-state index is -0.895. The molecule has 0 saturated carbocycles. The molecule has 0 bridgehead atoms. The van der Waals surface area contributed by atoms with Gasteiger partial charge in [-0.2, -0.15) is 0 Å². The molecule has 5 heteroatoms. The highest BCUT2D eigenvalue weighted by molar-refractivity contribution is 7.85. The Hall–Kier alpha value is -3.64. The van der Waals surface area contributed by atoms with Crippen LogP contribution in [0.2, 0.25) is 0 Å². The first-order chi connectivity index (χ1) is 19.9. The lowest BCUT2D eigenvalue weighted by atomic mass is 10.2. The van der Waals surface area contributed by atoms with Crippen molar-refractivity contribution in [3.63, 3.8) is 0 Å². The highest BCUT2D eigenvalue weighted by atomic mass is 31.1. The summed E-state index contributed by atoms with van der Waals surface area (Å²) in [6.45, 7) is 6.59. The van der Waals surface area contributed by atoms with Crippen LogP contribution in [0.1, 0.15) is 16.7 Å². The van der Waals surface area contributed by atoms with Gasteiger partial charge in [0.05, 0.1) is 21.3 Å². The second kappa shape index (κ2) is 12.9. The number of hydrogen-bond donors (Lipinski definition) is 0. The average molecular weight is 579 g/mol. The molecule has 0 spiro atoms. The minimum Gasteiger partial charge on any atom is -0.497 e. The summed E-state index contributed by atoms with van der Waals surface area (Å²) < 4.78 is 16.7. The number of hydrogen-bond acceptors (Lipinski definition) is 3. The van der Waals surface area contributed by atoms with Crippen molar-refractivity contribution in [1.29, 1.82) is 0 Å². The van der Waals surface area contributed by atoms with E-state index < -0.39 is 15.8 Å². The third kappa shape index (κ3) is 6.03. The Kier molecular flexibility index (Phi) is 9.09. The van der Waals surface area contributed by atoms with Crippen molar-refractivity contribution < 1.29 is 14.2 Å². The zero-order valence-corrected chi connectivity index (χ0v) is 26.3. The third-order valence-corrected chi connectivity index (χ3v) is 13.0. The van der Waals surface area contributed by atoms with Crippen LogP contribution < -0.4 is 46.0 Å². The Balaban J connectivity index is 1.80. The molecular formula is C36H36O3P2. The molecule has 0 aliphatic rings. The molecule has 5 aromatic carbocycles. The van der Waals surface area contributed by atoms with Crippen molar-refractivity contribution in [3.8, 4) is 17.2 Å². The molecule has 0 aliphatic heterocycles. The third-order valence-electron chi connectivity index (χ3n) is 7.31. The molecule has 41 heavy (non-hydrogen) atoms. The van der Waals surface area contributed by atoms with E-state index in [-0.39, 0.29) is 0 Å². The Morgan fingerprint density at radius 1 is 0.390 bits per heavy atom. The molecule has 0 fully saturated rings. The van der Waals surface area contributed by atoms with Gasteiger partial charge in [0.2, 0.25) is 0 Å². The van der Waals surface area contributed by atoms with Crippen molar-refractivity contribution in [2.75, 3.05) is 21.3 Å². The predicted molar refractivity (Wildman–Crippen MR) is 178 cm³/mol. The van der Waals surface area contributed by atoms with Crippen molar-refractivity contribution >= 4 is 47.7 Å². The van der Waals surface area contributed by atoms with Crippen LogP contribution in [0.5, 0.6) is 17.2 Å². The fourth-order valence-corrected chi connectivity index (χ4v) is 10.9. The van der Waals surface area contributed by atoms with Gasteiger partial charge >= 0.3 is 0 Å². The number of rotatable bonds is 9. The predicted octanol–water partition coefficient (Wildman–Crippen LogP) is 6.15. The summed E-state index contributed by atoms with van der Waals surface area (Å²) in [5.41, 5.74) is 3.69. The molecule has 1 atom stereocenters. The number of ether oxygens (including phenoxy) is 3. The standard InChI is InChI=1S/C36H36O3P2/c1-25-22-28(37-4)16-19-32(25)40(31-12-8-7-9-13-31)35-14-10-11-15-36(35)41(33-20-17-29(38-5)23-26(33)2)34-21-18-30(39-6)24-27(34)3/h7-24H,1-6H3. The molecule has 0 radical (unpaired) electrons. The van der Waals surface area contributed by atoms with Crippen molar-refractivity contribution in [2.24, 2.45) is 0 Å². The van der Waals surface area contributed by atoms with Crippen LogP contribution in [-0.4, -0.2) is 21.3 Å². The first kappa shape index (κ1) is 28.9. The lowest BCUT2D eigenvalue weighted by Gasteiger charge is -2.30. The average Bonchev–Trinajstić information content (AvgIpc) is 3.00. The maximum atomic E-state index is 5.59. The zero-order valence-electron chi connectivity index (χ0n) is 24.5. The molecule has 0 N–H and O–H groups in total. The van der Waals surface area contributed by atoms with Gasteiger partial charge < -0.3 is 14.2 Å². The molecule has 208 valence electrons. The lowest BCUT2D eigenvalue weighted by Crippen LogP contribution is -2.36. The maximum absolute atomic E-state index is 5.59. The van der Waals surface area contributed by atoms with Gasteiger partial charge in [0, 0.05) is 0 Å². The summed E-state index contributed by atoms with van der Waals surface area (Å²) in [4.78, 5) is 0. The summed E-state index contributed by atoms with van der Waals surface area (Å²) in [5, 5.41) is 8.07. The van der Waals surface area contributed by atoms with Gasteiger partial charge in [0.25, 0.3) is 0 Å². The van der Waals surface area contributed by atoms with Gasteiger partial charge in [-0.05, 0) is 140 Å². The minimum absolute atomic E-state index is 0.845. The number of methoxy groups -OCH3 is 3. The van der Waals surface area contributed by atoms with E-state index in [9.17, 15) is 0 Å². The zero-order chi connectivity index (χ0) is 28.9. The van der Waals surface area contributed by atoms with E-state index in [1.165, 1.54) is 48.5 Å². The molecule has 5 rings (SSSR count). The van der Waals surface area contributed by atoms with Gasteiger partial charge in [0.1, 0.15) is 17.2 Å². The van der Waals surface area contributed by atoms with Crippen LogP contribution in [0.15, 0.2) is 109 Å². The first-order valence-electron chi connectivity index (χ1n) is 13.6. The van der Waals surface area contributed by atoms with Gasteiger partial charge in [-0.25, -0.2) is 0 Å². The molecule has 1 unspecified atom stereocenters. The molecule has 3 nitrogen and oxygen atoms in total. The second-order valence-corrected chi connectivity index (χ2v) is 14.2. The van der Waals surface area contributed by atoms with E-state index in [1.807, 2.05) is 0 Å². The molecule has 0 heterocycles. The van der Waals surface area contributed by atoms with E-state index in [0.717, 1.165) is 17.2 Å². The Labute approximate surface area is 246 Å². The van der Waals surface area contributed by atoms with E-state index in [1.54, 1.807) is 21.3 Å². The summed E-state index contributed by atoms with van der Waals surface area (Å²) in [5.74, 6) is 2.63. The molecular weight excluding hydrogens is 542 g/mol. The SMILES string of the molecule is COc1ccc(P(c2ccccc2)c2ccccc2P(c2ccc(OC)cc2C)c2ccc(OC)cc2C)c(C)c1. The summed E-state index contributed by atoms with van der Waals surface area (Å²) in [6, 6.07) is 39.5. The fourth-order valence-electron chi connectivity index (χ4n) is 5.23. The van der Waals surface area contributed by atoms with Crippen molar-refractivity contribution in [3.05, 3.63) is 126 Å². The largest absolute Gasteiger partial charge is 0.497 e. The van der Waals surface area contributed by atoms with Gasteiger partial charge in [0.15, 0.2) is 0 Å². The Morgan fingerprint density at radius 3 is 1.15 bits per heavy atom. The summed E-state index contributed by atoms with van der Waals surface area (Å²) >= 11 is 0. The van der Waals surface area contributed by atoms with Crippen LogP contribution in [0, 0.1) is 20.8 Å². The van der Waals surface area contributed by atoms with E-state index >= 15 is 0 Å². The van der Waals surface area contributed by atoms with Crippen LogP contribution in [0.3, 0.4) is 0 Å². The van der Waals surface area contributed by atoms with Crippen molar-refractivity contribution in [2.45, 2.75) is 20.8 Å². The quantitative estimate of drug-likeness (QED) is 0.196. The molecule has 5 aromatic rings. The highest BCUT2D eigenvalue weighted by Crippen LogP contribution is 2.41. The van der Waals surface area contributed by atoms with Crippen molar-refractivity contribution in [1.82, 2.24) is 0 Å². The Bertz CT molecular complexity index is 1600. The Morgan fingerprint density at radius 2 is 0.756 bits per heavy atom. The first-order valence-corrected chi connectivity index (χ1v) is 16.3. The molecule has 0 saturated heterocycles. The van der Waals surface area contributed by atoms with E-state index in [0.29, 0.717) is 0 Å². The monoisotopic (exact) mass is 578 g/mol. The highest BCUT2D eigenvalue weighted by Gasteiger charge is 2.28. The van der Waals surface area contributed by atoms with Crippen LogP contribution in [-0.2, 0) is 0 Å². The molecule has 0 aromatic heterocycles. The molecule has 0 amide bonds. The van der Waals surface area contributed by atoms with Crippen LogP contribution >= 0.6 is 15.8 Å². The second-order valence-electron chi connectivity index (χ2n) is 9.95. The summed E-state index contributed by atoms with van der Waals surface area (Å²) in [6.07, 6.45) is 0. The normalized spacial score (nSPS) is 11.8. The van der Waals surface area contributed by atoms with E-state index in [2.05, 4.69) is 130 Å². The number of aryl methyl sites for hydroxylation is 3. The van der Waals surface area contributed by atoms with Gasteiger partial charge in [-0.3, -0.25) is 0 Å². The van der Waals surface area contributed by atoms with Crippen LogP contribution in [0.25, 0.3) is 0 Å². The summed E-state index contributed by atoms with van der Waals surface area (Å²) in [7, 11) is 3.44. The fraction of sp³-hybridized carbons (Fsp3) is 0.167. The lowest BCUT2D eigenvalue weighted by molar-refractivity contribution is 0.414. The molecule has 0 aliphatic carbocycles. The van der Waals surface area contributed by atoms with Crippen LogP contribution in [0.4, 0.5) is 0 Å². The maximum Gasteiger partial charge on any atom is 0.119 e. The topological polar surface area (TPSA) is 27.7 Å². The van der Waals surface area contributed by atoms with E-state index in [4.69, 9.17) is 14.2 Å². The smallest absolute Gasteiger partial charge is 0.119 e. The number of benzene rings is 5. The van der Waals surface area contributed by atoms with Gasteiger partial charge in [-0.1, -0.05) is 54.6 Å². The van der Waals surface area contributed by atoms with Gasteiger partial charge in [-0.15, -0.1) is 0 Å².